The highest BCUT2D eigenvalue weighted by Crippen LogP contribution is 2.28. The summed E-state index contributed by atoms with van der Waals surface area (Å²) < 4.78 is 54.5. The van der Waals surface area contributed by atoms with Gasteiger partial charge in [-0.25, -0.2) is 17.6 Å². The van der Waals surface area contributed by atoms with E-state index in [0.29, 0.717) is 37.9 Å². The standard InChI is InChI=1S/C26H28F4N2O2/c1-3-25(33)31(2)24(14-19-5-8-21(28)16-23(19)30)18-10-12-32(13-11-18)26(34)9-6-17-4-7-20(27)15-22(17)29/h4-9,15-16,18,24H,3,10-14H2,1-2H3. The Morgan fingerprint density at radius 1 is 1.03 bits per heavy atom. The average molecular weight is 477 g/mol. The van der Waals surface area contributed by atoms with E-state index in [1.54, 1.807) is 23.8 Å². The number of halogens is 4. The first-order valence-electron chi connectivity index (χ1n) is 11.3. The first-order chi connectivity index (χ1) is 16.2. The third kappa shape index (κ3) is 6.24. The van der Waals surface area contributed by atoms with Crippen molar-refractivity contribution >= 4 is 17.9 Å². The number of rotatable bonds is 7. The second kappa shape index (κ2) is 11.3. The van der Waals surface area contributed by atoms with Crippen LogP contribution in [0.2, 0.25) is 0 Å². The Morgan fingerprint density at radius 2 is 1.65 bits per heavy atom. The molecule has 1 heterocycles. The maximum absolute atomic E-state index is 14.3. The molecule has 0 aromatic heterocycles. The van der Waals surface area contributed by atoms with Crippen LogP contribution < -0.4 is 0 Å². The fourth-order valence-corrected chi connectivity index (χ4v) is 4.37. The zero-order chi connectivity index (χ0) is 24.8. The van der Waals surface area contributed by atoms with Crippen LogP contribution in [0.1, 0.15) is 37.3 Å². The van der Waals surface area contributed by atoms with Gasteiger partial charge in [0.25, 0.3) is 0 Å². The van der Waals surface area contributed by atoms with Crippen molar-refractivity contribution in [2.75, 3.05) is 20.1 Å². The zero-order valence-corrected chi connectivity index (χ0v) is 19.2. The molecule has 2 aromatic rings. The Labute approximate surface area is 196 Å². The molecule has 2 aromatic carbocycles. The Bertz CT molecular complexity index is 1060. The molecule has 1 atom stereocenters. The number of hydrogen-bond acceptors (Lipinski definition) is 2. The van der Waals surface area contributed by atoms with Gasteiger partial charge < -0.3 is 9.80 Å². The Kier molecular flexibility index (Phi) is 8.47. The normalized spacial score (nSPS) is 15.5. The lowest BCUT2D eigenvalue weighted by Crippen LogP contribution is -2.48. The molecule has 8 heteroatoms. The fourth-order valence-electron chi connectivity index (χ4n) is 4.37. The number of nitrogens with zero attached hydrogens (tertiary/aromatic N) is 2. The molecule has 0 N–H and O–H groups in total. The summed E-state index contributed by atoms with van der Waals surface area (Å²) in [5, 5.41) is 0. The monoisotopic (exact) mass is 476 g/mol. The number of carbonyl (C=O) groups is 2. The smallest absolute Gasteiger partial charge is 0.246 e. The first-order valence-corrected chi connectivity index (χ1v) is 11.3. The highest BCUT2D eigenvalue weighted by atomic mass is 19.1. The summed E-state index contributed by atoms with van der Waals surface area (Å²) in [5.41, 5.74) is 0.454. The Balaban J connectivity index is 1.67. The van der Waals surface area contributed by atoms with E-state index in [1.807, 2.05) is 0 Å². The molecule has 0 spiro atoms. The lowest BCUT2D eigenvalue weighted by molar-refractivity contribution is -0.134. The molecular formula is C26H28F4N2O2. The van der Waals surface area contributed by atoms with Crippen molar-refractivity contribution in [1.82, 2.24) is 9.80 Å². The van der Waals surface area contributed by atoms with Crippen LogP contribution in [0.25, 0.3) is 6.08 Å². The first kappa shape index (κ1) is 25.5. The summed E-state index contributed by atoms with van der Waals surface area (Å²) in [6.45, 7) is 2.61. The molecule has 1 fully saturated rings. The lowest BCUT2D eigenvalue weighted by atomic mass is 9.84. The minimum absolute atomic E-state index is 0.0209. The van der Waals surface area contributed by atoms with Gasteiger partial charge in [0.2, 0.25) is 11.8 Å². The van der Waals surface area contributed by atoms with Gasteiger partial charge in [0, 0.05) is 56.4 Å². The number of piperidine rings is 1. The van der Waals surface area contributed by atoms with E-state index < -0.39 is 23.3 Å². The van der Waals surface area contributed by atoms with Crippen molar-refractivity contribution in [3.05, 3.63) is 76.9 Å². The molecule has 1 unspecified atom stereocenters. The molecule has 1 aliphatic rings. The van der Waals surface area contributed by atoms with Gasteiger partial charge in [0.05, 0.1) is 0 Å². The van der Waals surface area contributed by atoms with Crippen LogP contribution >= 0.6 is 0 Å². The van der Waals surface area contributed by atoms with E-state index in [9.17, 15) is 27.2 Å². The molecule has 1 aliphatic heterocycles. The number of carbonyl (C=O) groups excluding carboxylic acids is 2. The van der Waals surface area contributed by atoms with Crippen LogP contribution in [0.15, 0.2) is 42.5 Å². The highest BCUT2D eigenvalue weighted by Gasteiger charge is 2.32. The molecule has 0 radical (unpaired) electrons. The number of likely N-dealkylation sites (tertiary alicyclic amines) is 1. The predicted octanol–water partition coefficient (Wildman–Crippen LogP) is 4.97. The van der Waals surface area contributed by atoms with Crippen molar-refractivity contribution in [2.24, 2.45) is 5.92 Å². The third-order valence-corrected chi connectivity index (χ3v) is 6.40. The second-order valence-electron chi connectivity index (χ2n) is 8.53. The van der Waals surface area contributed by atoms with Crippen molar-refractivity contribution in [1.29, 1.82) is 0 Å². The fraction of sp³-hybridized carbons (Fsp3) is 0.385. The molecule has 34 heavy (non-hydrogen) atoms. The van der Waals surface area contributed by atoms with E-state index in [2.05, 4.69) is 0 Å². The van der Waals surface area contributed by atoms with E-state index in [1.165, 1.54) is 30.4 Å². The summed E-state index contributed by atoms with van der Waals surface area (Å²) in [6, 6.07) is 6.29. The van der Waals surface area contributed by atoms with Crippen LogP contribution in [-0.2, 0) is 16.0 Å². The van der Waals surface area contributed by atoms with Crippen LogP contribution in [0.4, 0.5) is 17.6 Å². The quantitative estimate of drug-likeness (QED) is 0.418. The topological polar surface area (TPSA) is 40.6 Å². The van der Waals surface area contributed by atoms with Crippen molar-refractivity contribution in [3.63, 3.8) is 0 Å². The van der Waals surface area contributed by atoms with Gasteiger partial charge in [-0.05, 0) is 55.0 Å². The summed E-state index contributed by atoms with van der Waals surface area (Å²) in [5.74, 6) is -3.08. The van der Waals surface area contributed by atoms with Crippen LogP contribution in [0, 0.1) is 29.2 Å². The van der Waals surface area contributed by atoms with Gasteiger partial charge >= 0.3 is 0 Å². The predicted molar refractivity (Wildman–Crippen MR) is 122 cm³/mol. The molecule has 1 saturated heterocycles. The van der Waals surface area contributed by atoms with Gasteiger partial charge in [-0.1, -0.05) is 13.0 Å². The summed E-state index contributed by atoms with van der Waals surface area (Å²) in [6.07, 6.45) is 4.32. The summed E-state index contributed by atoms with van der Waals surface area (Å²) >= 11 is 0. The lowest BCUT2D eigenvalue weighted by Gasteiger charge is -2.40. The zero-order valence-electron chi connectivity index (χ0n) is 19.2. The van der Waals surface area contributed by atoms with E-state index in [-0.39, 0.29) is 35.8 Å². The molecule has 2 amide bonds. The molecule has 0 aliphatic carbocycles. The van der Waals surface area contributed by atoms with E-state index in [4.69, 9.17) is 0 Å². The number of benzene rings is 2. The summed E-state index contributed by atoms with van der Waals surface area (Å²) in [4.78, 5) is 28.2. The summed E-state index contributed by atoms with van der Waals surface area (Å²) in [7, 11) is 1.69. The Morgan fingerprint density at radius 3 is 2.24 bits per heavy atom. The number of amides is 2. The molecule has 0 bridgehead atoms. The van der Waals surface area contributed by atoms with Gasteiger partial charge in [0.15, 0.2) is 0 Å². The van der Waals surface area contributed by atoms with Crippen molar-refractivity contribution in [3.8, 4) is 0 Å². The Hall–Kier alpha value is -3.16. The van der Waals surface area contributed by atoms with Gasteiger partial charge in [-0.3, -0.25) is 9.59 Å². The molecule has 3 rings (SSSR count). The SMILES string of the molecule is CCC(=O)N(C)C(Cc1ccc(F)cc1F)C1CCN(C(=O)C=Cc2ccc(F)cc2F)CC1. The molecule has 182 valence electrons. The van der Waals surface area contributed by atoms with Crippen LogP contribution in [-0.4, -0.2) is 47.8 Å². The van der Waals surface area contributed by atoms with E-state index in [0.717, 1.165) is 18.2 Å². The highest BCUT2D eigenvalue weighted by molar-refractivity contribution is 5.91. The maximum atomic E-state index is 14.3. The van der Waals surface area contributed by atoms with Gasteiger partial charge in [0.1, 0.15) is 23.3 Å². The largest absolute Gasteiger partial charge is 0.342 e. The second-order valence-corrected chi connectivity index (χ2v) is 8.53. The van der Waals surface area contributed by atoms with Gasteiger partial charge in [-0.2, -0.15) is 0 Å². The number of likely N-dealkylation sites (N-methyl/N-ethyl adjacent to an activating group) is 1. The molecule has 4 nitrogen and oxygen atoms in total. The van der Waals surface area contributed by atoms with Gasteiger partial charge in [-0.15, -0.1) is 0 Å². The maximum Gasteiger partial charge on any atom is 0.246 e. The van der Waals surface area contributed by atoms with Crippen LogP contribution in [0.5, 0.6) is 0 Å². The van der Waals surface area contributed by atoms with Crippen molar-refractivity contribution in [2.45, 2.75) is 38.6 Å². The van der Waals surface area contributed by atoms with E-state index >= 15 is 0 Å². The van der Waals surface area contributed by atoms with Crippen LogP contribution in [0.3, 0.4) is 0 Å². The number of hydrogen-bond donors (Lipinski definition) is 0. The molecular weight excluding hydrogens is 448 g/mol. The third-order valence-electron chi connectivity index (χ3n) is 6.40. The minimum Gasteiger partial charge on any atom is -0.342 e. The average Bonchev–Trinajstić information content (AvgIpc) is 2.82. The molecule has 0 saturated carbocycles. The van der Waals surface area contributed by atoms with Crippen molar-refractivity contribution < 1.29 is 27.2 Å². The minimum atomic E-state index is -0.748.